The molecule has 0 bridgehead atoms. The minimum absolute atomic E-state index is 0.00996. The van der Waals surface area contributed by atoms with Crippen molar-refractivity contribution >= 4 is 37.3 Å². The molecule has 0 aliphatic carbocycles. The van der Waals surface area contributed by atoms with Gasteiger partial charge in [0.25, 0.3) is 10.0 Å². The molecule has 19 heavy (non-hydrogen) atoms. The van der Waals surface area contributed by atoms with Gasteiger partial charge in [0, 0.05) is 10.5 Å². The quantitative estimate of drug-likeness (QED) is 0.840. The topological polar surface area (TPSA) is 72.2 Å². The molecule has 0 radical (unpaired) electrons. The highest BCUT2D eigenvalue weighted by atomic mass is 79.9. The maximum atomic E-state index is 13.1. The fraction of sp³-hybridized carbons (Fsp3) is 0. The standard InChI is InChI=1S/C12H10BrFN2O2S/c13-9-3-1-2-4-12(9)19(17,18)16-11-7-8(14)5-6-10(11)15/h1-7,16H,15H2. The van der Waals surface area contributed by atoms with Crippen LogP contribution in [0.3, 0.4) is 0 Å². The van der Waals surface area contributed by atoms with E-state index in [0.717, 1.165) is 12.1 Å². The number of hydrogen-bond donors (Lipinski definition) is 2. The Kier molecular flexibility index (Phi) is 3.77. The molecule has 0 aliphatic heterocycles. The summed E-state index contributed by atoms with van der Waals surface area (Å²) in [4.78, 5) is 0.0543. The molecule has 0 unspecified atom stereocenters. The maximum absolute atomic E-state index is 13.1. The lowest BCUT2D eigenvalue weighted by Gasteiger charge is -2.11. The zero-order chi connectivity index (χ0) is 14.0. The molecular formula is C12H10BrFN2O2S. The molecule has 3 N–H and O–H groups in total. The Morgan fingerprint density at radius 2 is 1.84 bits per heavy atom. The summed E-state index contributed by atoms with van der Waals surface area (Å²) in [5.74, 6) is -0.570. The van der Waals surface area contributed by atoms with Crippen molar-refractivity contribution in [1.82, 2.24) is 0 Å². The van der Waals surface area contributed by atoms with Gasteiger partial charge in [-0.3, -0.25) is 4.72 Å². The molecule has 4 nitrogen and oxygen atoms in total. The second kappa shape index (κ2) is 5.18. The van der Waals surface area contributed by atoms with Gasteiger partial charge in [0.05, 0.1) is 11.4 Å². The first-order chi connectivity index (χ1) is 8.90. The lowest BCUT2D eigenvalue weighted by atomic mass is 10.3. The third kappa shape index (κ3) is 3.05. The Bertz CT molecular complexity index is 719. The van der Waals surface area contributed by atoms with Gasteiger partial charge in [-0.1, -0.05) is 12.1 Å². The smallest absolute Gasteiger partial charge is 0.263 e. The van der Waals surface area contributed by atoms with Gasteiger partial charge in [-0.2, -0.15) is 0 Å². The second-order valence-electron chi connectivity index (χ2n) is 3.77. The van der Waals surface area contributed by atoms with Gasteiger partial charge in [-0.15, -0.1) is 0 Å². The SMILES string of the molecule is Nc1ccc(F)cc1NS(=O)(=O)c1ccccc1Br. The molecule has 100 valence electrons. The normalized spacial score (nSPS) is 11.3. The summed E-state index contributed by atoms with van der Waals surface area (Å²) in [6.45, 7) is 0. The van der Waals surface area contributed by atoms with E-state index in [1.165, 1.54) is 12.1 Å². The third-order valence-electron chi connectivity index (χ3n) is 2.39. The van der Waals surface area contributed by atoms with Gasteiger partial charge in [0.1, 0.15) is 10.7 Å². The largest absolute Gasteiger partial charge is 0.397 e. The Hall–Kier alpha value is -1.60. The van der Waals surface area contributed by atoms with Crippen LogP contribution in [0.2, 0.25) is 0 Å². The van der Waals surface area contributed by atoms with Crippen LogP contribution in [0.4, 0.5) is 15.8 Å². The van der Waals surface area contributed by atoms with Crippen LogP contribution < -0.4 is 10.5 Å². The lowest BCUT2D eigenvalue weighted by molar-refractivity contribution is 0.600. The highest BCUT2D eigenvalue weighted by molar-refractivity contribution is 9.10. The molecule has 0 atom stereocenters. The number of nitrogens with one attached hydrogen (secondary N) is 1. The third-order valence-corrected chi connectivity index (χ3v) is 4.76. The van der Waals surface area contributed by atoms with Gasteiger partial charge in [0.2, 0.25) is 0 Å². The highest BCUT2D eigenvalue weighted by Crippen LogP contribution is 2.26. The van der Waals surface area contributed by atoms with E-state index in [4.69, 9.17) is 5.73 Å². The zero-order valence-corrected chi connectivity index (χ0v) is 12.0. The van der Waals surface area contributed by atoms with E-state index in [1.807, 2.05) is 0 Å². The molecule has 0 aliphatic rings. The average Bonchev–Trinajstić information content (AvgIpc) is 2.34. The lowest BCUT2D eigenvalue weighted by Crippen LogP contribution is -2.14. The van der Waals surface area contributed by atoms with E-state index >= 15 is 0 Å². The van der Waals surface area contributed by atoms with Crippen LogP contribution in [-0.2, 0) is 10.0 Å². The van der Waals surface area contributed by atoms with E-state index in [9.17, 15) is 12.8 Å². The van der Waals surface area contributed by atoms with Crippen LogP contribution in [0.25, 0.3) is 0 Å². The first-order valence-corrected chi connectivity index (χ1v) is 7.50. The van der Waals surface area contributed by atoms with Gasteiger partial charge in [0.15, 0.2) is 0 Å². The highest BCUT2D eigenvalue weighted by Gasteiger charge is 2.18. The Balaban J connectivity index is 2.43. The van der Waals surface area contributed by atoms with Crippen LogP contribution in [0.5, 0.6) is 0 Å². The molecule has 0 heterocycles. The summed E-state index contributed by atoms with van der Waals surface area (Å²) in [5, 5.41) is 0. The number of nitrogen functional groups attached to an aromatic ring is 1. The number of nitrogens with two attached hydrogens (primary N) is 1. The van der Waals surface area contributed by atoms with Crippen molar-refractivity contribution in [2.24, 2.45) is 0 Å². The maximum Gasteiger partial charge on any atom is 0.263 e. The number of rotatable bonds is 3. The molecule has 0 saturated carbocycles. The molecule has 0 saturated heterocycles. The van der Waals surface area contributed by atoms with E-state index in [1.54, 1.807) is 18.2 Å². The predicted octanol–water partition coefficient (Wildman–Crippen LogP) is 2.97. The zero-order valence-electron chi connectivity index (χ0n) is 9.60. The van der Waals surface area contributed by atoms with Gasteiger partial charge in [-0.05, 0) is 40.2 Å². The van der Waals surface area contributed by atoms with Crippen molar-refractivity contribution in [1.29, 1.82) is 0 Å². The van der Waals surface area contributed by atoms with Crippen LogP contribution in [0, 0.1) is 5.82 Å². The number of sulfonamides is 1. The van der Waals surface area contributed by atoms with Crippen molar-refractivity contribution in [2.75, 3.05) is 10.5 Å². The monoisotopic (exact) mass is 344 g/mol. The summed E-state index contributed by atoms with van der Waals surface area (Å²) in [6.07, 6.45) is 0. The van der Waals surface area contributed by atoms with Gasteiger partial charge in [-0.25, -0.2) is 12.8 Å². The van der Waals surface area contributed by atoms with Crippen LogP contribution in [0.1, 0.15) is 0 Å². The van der Waals surface area contributed by atoms with Crippen molar-refractivity contribution < 1.29 is 12.8 Å². The van der Waals surface area contributed by atoms with Crippen molar-refractivity contribution in [3.05, 3.63) is 52.8 Å². The second-order valence-corrected chi connectivity index (χ2v) is 6.27. The molecule has 2 rings (SSSR count). The predicted molar refractivity (Wildman–Crippen MR) is 75.8 cm³/mol. The van der Waals surface area contributed by atoms with Crippen molar-refractivity contribution in [3.8, 4) is 0 Å². The average molecular weight is 345 g/mol. The van der Waals surface area contributed by atoms with Gasteiger partial charge >= 0.3 is 0 Å². The van der Waals surface area contributed by atoms with E-state index in [-0.39, 0.29) is 16.3 Å². The Morgan fingerprint density at radius 1 is 1.16 bits per heavy atom. The molecule has 0 aromatic heterocycles. The molecule has 0 fully saturated rings. The molecule has 2 aromatic rings. The van der Waals surface area contributed by atoms with Crippen molar-refractivity contribution in [3.63, 3.8) is 0 Å². The molecule has 0 spiro atoms. The fourth-order valence-corrected chi connectivity index (χ4v) is 3.56. The molecule has 2 aromatic carbocycles. The molecular weight excluding hydrogens is 335 g/mol. The van der Waals surface area contributed by atoms with Crippen LogP contribution in [0.15, 0.2) is 51.8 Å². The van der Waals surface area contributed by atoms with Crippen LogP contribution in [-0.4, -0.2) is 8.42 Å². The minimum Gasteiger partial charge on any atom is -0.397 e. The number of benzene rings is 2. The summed E-state index contributed by atoms with van der Waals surface area (Å²) < 4.78 is 40.1. The minimum atomic E-state index is -3.83. The summed E-state index contributed by atoms with van der Waals surface area (Å²) in [5.41, 5.74) is 5.77. The Morgan fingerprint density at radius 3 is 2.53 bits per heavy atom. The Labute approximate surface area is 118 Å². The fourth-order valence-electron chi connectivity index (χ4n) is 1.48. The summed E-state index contributed by atoms with van der Waals surface area (Å²) in [7, 11) is -3.83. The van der Waals surface area contributed by atoms with E-state index in [0.29, 0.717) is 4.47 Å². The van der Waals surface area contributed by atoms with E-state index in [2.05, 4.69) is 20.7 Å². The summed E-state index contributed by atoms with van der Waals surface area (Å²) in [6, 6.07) is 9.81. The molecule has 0 amide bonds. The molecule has 7 heteroatoms. The van der Waals surface area contributed by atoms with Gasteiger partial charge < -0.3 is 5.73 Å². The van der Waals surface area contributed by atoms with Crippen molar-refractivity contribution in [2.45, 2.75) is 4.90 Å². The first-order valence-electron chi connectivity index (χ1n) is 5.22. The number of hydrogen-bond acceptors (Lipinski definition) is 3. The summed E-state index contributed by atoms with van der Waals surface area (Å²) >= 11 is 3.15. The van der Waals surface area contributed by atoms with Crippen LogP contribution >= 0.6 is 15.9 Å². The number of anilines is 2. The van der Waals surface area contributed by atoms with E-state index < -0.39 is 15.8 Å². The first kappa shape index (κ1) is 13.8. The number of halogens is 2.